The highest BCUT2D eigenvalue weighted by Crippen LogP contribution is 2.17. The summed E-state index contributed by atoms with van der Waals surface area (Å²) in [4.78, 5) is 22.1. The highest BCUT2D eigenvalue weighted by molar-refractivity contribution is 5.71. The zero-order valence-corrected chi connectivity index (χ0v) is 15.4. The van der Waals surface area contributed by atoms with Crippen LogP contribution in [0.3, 0.4) is 0 Å². The van der Waals surface area contributed by atoms with Crippen LogP contribution in [0.2, 0.25) is 0 Å². The number of rotatable bonds is 15. The van der Waals surface area contributed by atoms with Crippen molar-refractivity contribution in [2.75, 3.05) is 6.61 Å². The lowest BCUT2D eigenvalue weighted by Crippen LogP contribution is -2.18. The Labute approximate surface area is 138 Å². The summed E-state index contributed by atoms with van der Waals surface area (Å²) in [5.74, 6) is 0.640. The van der Waals surface area contributed by atoms with Crippen LogP contribution in [0, 0.1) is 11.8 Å². The minimum Gasteiger partial charge on any atom is -0.298 e. The van der Waals surface area contributed by atoms with Gasteiger partial charge < -0.3 is 0 Å². The van der Waals surface area contributed by atoms with E-state index in [1.165, 1.54) is 32.1 Å². The molecule has 0 saturated carbocycles. The first-order valence-electron chi connectivity index (χ1n) is 9.45. The van der Waals surface area contributed by atoms with Crippen molar-refractivity contribution in [2.45, 2.75) is 98.3 Å². The molecule has 0 aliphatic rings. The van der Waals surface area contributed by atoms with E-state index in [0.29, 0.717) is 6.61 Å². The molecule has 22 heavy (non-hydrogen) atoms. The first-order valence-corrected chi connectivity index (χ1v) is 9.45. The molecule has 0 aromatic heterocycles. The SMILES string of the molecule is CCCCCC(CCC)C(=O)OOCCCCCCC(C)C. The summed E-state index contributed by atoms with van der Waals surface area (Å²) >= 11 is 0. The molecule has 0 aliphatic heterocycles. The lowest BCUT2D eigenvalue weighted by Gasteiger charge is -2.13. The number of carbonyl (C=O) groups excluding carboxylic acids is 1. The molecule has 0 radical (unpaired) electrons. The Hall–Kier alpha value is -0.570. The van der Waals surface area contributed by atoms with E-state index in [9.17, 15) is 4.79 Å². The topological polar surface area (TPSA) is 35.5 Å². The Kier molecular flexibility index (Phi) is 14.9. The van der Waals surface area contributed by atoms with Crippen LogP contribution in [-0.2, 0) is 14.6 Å². The number of hydrogen-bond donors (Lipinski definition) is 0. The van der Waals surface area contributed by atoms with Gasteiger partial charge in [0.1, 0.15) is 0 Å². The summed E-state index contributed by atoms with van der Waals surface area (Å²) in [6.45, 7) is 9.34. The van der Waals surface area contributed by atoms with Gasteiger partial charge in [-0.2, -0.15) is 4.89 Å². The molecule has 0 amide bonds. The Morgan fingerprint density at radius 3 is 2.14 bits per heavy atom. The molecule has 3 nitrogen and oxygen atoms in total. The largest absolute Gasteiger partial charge is 0.345 e. The maximum atomic E-state index is 12.0. The van der Waals surface area contributed by atoms with E-state index in [-0.39, 0.29) is 11.9 Å². The molecule has 0 aromatic carbocycles. The van der Waals surface area contributed by atoms with Gasteiger partial charge in [0.25, 0.3) is 0 Å². The summed E-state index contributed by atoms with van der Waals surface area (Å²) in [6.07, 6.45) is 12.3. The van der Waals surface area contributed by atoms with Gasteiger partial charge in [-0.3, -0.25) is 4.89 Å². The van der Waals surface area contributed by atoms with Gasteiger partial charge in [0.2, 0.25) is 0 Å². The van der Waals surface area contributed by atoms with Crippen molar-refractivity contribution in [2.24, 2.45) is 11.8 Å². The van der Waals surface area contributed by atoms with Gasteiger partial charge in [0.15, 0.2) is 0 Å². The average Bonchev–Trinajstić information content (AvgIpc) is 2.48. The molecule has 0 aliphatic carbocycles. The minimum atomic E-state index is -0.169. The molecule has 0 saturated heterocycles. The van der Waals surface area contributed by atoms with Crippen LogP contribution >= 0.6 is 0 Å². The third-order valence-corrected chi connectivity index (χ3v) is 4.03. The van der Waals surface area contributed by atoms with Crippen LogP contribution in [0.15, 0.2) is 0 Å². The van der Waals surface area contributed by atoms with Crippen LogP contribution in [0.5, 0.6) is 0 Å². The van der Waals surface area contributed by atoms with Crippen LogP contribution < -0.4 is 0 Å². The van der Waals surface area contributed by atoms with E-state index in [1.807, 2.05) is 0 Å². The summed E-state index contributed by atoms with van der Waals surface area (Å²) < 4.78 is 0. The fourth-order valence-corrected chi connectivity index (χ4v) is 2.60. The Bertz CT molecular complexity index is 251. The monoisotopic (exact) mass is 314 g/mol. The molecule has 0 fully saturated rings. The Morgan fingerprint density at radius 2 is 1.50 bits per heavy atom. The van der Waals surface area contributed by atoms with Crippen LogP contribution in [-0.4, -0.2) is 12.6 Å². The molecule has 0 rings (SSSR count). The van der Waals surface area contributed by atoms with Gasteiger partial charge in [-0.1, -0.05) is 79.1 Å². The quantitative estimate of drug-likeness (QED) is 0.209. The van der Waals surface area contributed by atoms with Gasteiger partial charge in [-0.15, -0.1) is 0 Å². The molecule has 3 heteroatoms. The molecular weight excluding hydrogens is 276 g/mol. The third kappa shape index (κ3) is 13.1. The highest BCUT2D eigenvalue weighted by atomic mass is 17.2. The maximum absolute atomic E-state index is 12.0. The van der Waals surface area contributed by atoms with Crippen molar-refractivity contribution < 1.29 is 14.6 Å². The second kappa shape index (κ2) is 15.3. The van der Waals surface area contributed by atoms with E-state index < -0.39 is 0 Å². The number of carbonyl (C=O) groups is 1. The molecule has 0 aromatic rings. The molecule has 0 N–H and O–H groups in total. The molecule has 132 valence electrons. The molecule has 0 heterocycles. The predicted molar refractivity (Wildman–Crippen MR) is 92.5 cm³/mol. The molecular formula is C19H38O3. The summed E-state index contributed by atoms with van der Waals surface area (Å²) in [5, 5.41) is 0. The summed E-state index contributed by atoms with van der Waals surface area (Å²) in [6, 6.07) is 0. The fourth-order valence-electron chi connectivity index (χ4n) is 2.60. The van der Waals surface area contributed by atoms with Gasteiger partial charge in [0.05, 0.1) is 12.5 Å². The normalized spacial score (nSPS) is 12.6. The zero-order chi connectivity index (χ0) is 16.6. The van der Waals surface area contributed by atoms with E-state index in [4.69, 9.17) is 9.78 Å². The van der Waals surface area contributed by atoms with E-state index >= 15 is 0 Å². The first-order chi connectivity index (χ1) is 10.6. The third-order valence-electron chi connectivity index (χ3n) is 4.03. The minimum absolute atomic E-state index is 0.0163. The van der Waals surface area contributed by atoms with E-state index in [0.717, 1.165) is 44.4 Å². The Morgan fingerprint density at radius 1 is 0.818 bits per heavy atom. The van der Waals surface area contributed by atoms with Crippen molar-refractivity contribution in [3.8, 4) is 0 Å². The molecule has 0 bridgehead atoms. The Balaban J connectivity index is 3.62. The fraction of sp³-hybridized carbons (Fsp3) is 0.947. The highest BCUT2D eigenvalue weighted by Gasteiger charge is 2.19. The lowest BCUT2D eigenvalue weighted by molar-refractivity contribution is -0.276. The number of unbranched alkanes of at least 4 members (excludes halogenated alkanes) is 5. The van der Waals surface area contributed by atoms with E-state index in [1.54, 1.807) is 0 Å². The maximum Gasteiger partial charge on any atom is 0.345 e. The summed E-state index contributed by atoms with van der Waals surface area (Å²) in [5.41, 5.74) is 0. The molecule has 1 unspecified atom stereocenters. The predicted octanol–water partition coefficient (Wildman–Crippen LogP) is 6.06. The van der Waals surface area contributed by atoms with Crippen LogP contribution in [0.1, 0.15) is 98.3 Å². The smallest absolute Gasteiger partial charge is 0.298 e. The van der Waals surface area contributed by atoms with Gasteiger partial charge in [-0.25, -0.2) is 4.79 Å². The standard InChI is InChI=1S/C19H38O3/c1-5-7-10-15-18(13-6-2)19(20)22-21-16-12-9-8-11-14-17(3)4/h17-18H,5-16H2,1-4H3. The van der Waals surface area contributed by atoms with Crippen molar-refractivity contribution >= 4 is 5.97 Å². The van der Waals surface area contributed by atoms with Gasteiger partial charge in [0, 0.05) is 0 Å². The zero-order valence-electron chi connectivity index (χ0n) is 15.4. The van der Waals surface area contributed by atoms with Crippen molar-refractivity contribution in [1.82, 2.24) is 0 Å². The second-order valence-corrected chi connectivity index (χ2v) is 6.80. The first kappa shape index (κ1) is 21.4. The second-order valence-electron chi connectivity index (χ2n) is 6.80. The van der Waals surface area contributed by atoms with Crippen molar-refractivity contribution in [3.63, 3.8) is 0 Å². The molecule has 1 atom stereocenters. The van der Waals surface area contributed by atoms with Crippen LogP contribution in [0.25, 0.3) is 0 Å². The number of hydrogen-bond acceptors (Lipinski definition) is 3. The lowest BCUT2D eigenvalue weighted by atomic mass is 9.97. The average molecular weight is 315 g/mol. The van der Waals surface area contributed by atoms with Crippen molar-refractivity contribution in [3.05, 3.63) is 0 Å². The molecule has 0 spiro atoms. The van der Waals surface area contributed by atoms with E-state index in [2.05, 4.69) is 27.7 Å². The van der Waals surface area contributed by atoms with Gasteiger partial charge in [-0.05, 0) is 25.2 Å². The van der Waals surface area contributed by atoms with Crippen LogP contribution in [0.4, 0.5) is 0 Å². The summed E-state index contributed by atoms with van der Waals surface area (Å²) in [7, 11) is 0. The van der Waals surface area contributed by atoms with Gasteiger partial charge >= 0.3 is 5.97 Å². The van der Waals surface area contributed by atoms with Crippen molar-refractivity contribution in [1.29, 1.82) is 0 Å².